The van der Waals surface area contributed by atoms with E-state index in [9.17, 15) is 13.2 Å². The zero-order chi connectivity index (χ0) is 15.6. The van der Waals surface area contributed by atoms with E-state index in [1.165, 1.54) is 23.5 Å². The highest BCUT2D eigenvalue weighted by molar-refractivity contribution is 9.11. The van der Waals surface area contributed by atoms with E-state index in [4.69, 9.17) is 16.7 Å². The van der Waals surface area contributed by atoms with E-state index < -0.39 is 16.0 Å². The first-order valence-electron chi connectivity index (χ1n) is 5.56. The molecule has 0 unspecified atom stereocenters. The quantitative estimate of drug-likeness (QED) is 0.792. The highest BCUT2D eigenvalue weighted by Crippen LogP contribution is 2.25. The SMILES string of the molecule is O=C(O)c1ccc(Cl)c(S(=O)(=O)NCc2ccc(Br)s2)c1. The second-order valence-electron chi connectivity index (χ2n) is 3.98. The molecule has 21 heavy (non-hydrogen) atoms. The van der Waals surface area contributed by atoms with Crippen LogP contribution < -0.4 is 4.72 Å². The molecular weight excluding hydrogens is 402 g/mol. The maximum atomic E-state index is 12.2. The molecule has 0 aliphatic rings. The highest BCUT2D eigenvalue weighted by Gasteiger charge is 2.20. The monoisotopic (exact) mass is 409 g/mol. The molecule has 2 N–H and O–H groups in total. The van der Waals surface area contributed by atoms with E-state index in [1.54, 1.807) is 6.07 Å². The Hall–Kier alpha value is -0.930. The lowest BCUT2D eigenvalue weighted by Crippen LogP contribution is -2.23. The molecule has 0 aliphatic carbocycles. The third-order valence-corrected chi connectivity index (χ3v) is 6.04. The molecule has 0 saturated carbocycles. The van der Waals surface area contributed by atoms with Gasteiger partial charge in [0.2, 0.25) is 10.0 Å². The molecule has 9 heteroatoms. The lowest BCUT2D eigenvalue weighted by Gasteiger charge is -2.08. The fourth-order valence-electron chi connectivity index (χ4n) is 1.53. The van der Waals surface area contributed by atoms with Gasteiger partial charge in [0, 0.05) is 11.4 Å². The smallest absolute Gasteiger partial charge is 0.335 e. The van der Waals surface area contributed by atoms with E-state index in [0.29, 0.717) is 0 Å². The van der Waals surface area contributed by atoms with Crippen molar-refractivity contribution < 1.29 is 18.3 Å². The van der Waals surface area contributed by atoms with Gasteiger partial charge in [-0.3, -0.25) is 0 Å². The Labute approximate surface area is 138 Å². The van der Waals surface area contributed by atoms with Crippen LogP contribution in [0.25, 0.3) is 0 Å². The van der Waals surface area contributed by atoms with Crippen LogP contribution in [0.4, 0.5) is 0 Å². The average Bonchev–Trinajstić information content (AvgIpc) is 2.82. The largest absolute Gasteiger partial charge is 0.478 e. The predicted octanol–water partition coefficient (Wildman–Crippen LogP) is 3.34. The summed E-state index contributed by atoms with van der Waals surface area (Å²) < 4.78 is 27.7. The Morgan fingerprint density at radius 3 is 2.62 bits per heavy atom. The van der Waals surface area contributed by atoms with Crippen LogP contribution in [-0.2, 0) is 16.6 Å². The lowest BCUT2D eigenvalue weighted by molar-refractivity contribution is 0.0696. The van der Waals surface area contributed by atoms with E-state index in [2.05, 4.69) is 20.7 Å². The lowest BCUT2D eigenvalue weighted by atomic mass is 10.2. The van der Waals surface area contributed by atoms with Gasteiger partial charge in [0.25, 0.3) is 0 Å². The summed E-state index contributed by atoms with van der Waals surface area (Å²) in [6, 6.07) is 7.14. The third kappa shape index (κ3) is 4.04. The molecule has 0 spiro atoms. The molecular formula is C12H9BrClNO4S2. The first kappa shape index (κ1) is 16.4. The van der Waals surface area contributed by atoms with Gasteiger partial charge in [0.05, 0.1) is 14.4 Å². The molecule has 5 nitrogen and oxygen atoms in total. The number of hydrogen-bond donors (Lipinski definition) is 2. The zero-order valence-corrected chi connectivity index (χ0v) is 14.3. The van der Waals surface area contributed by atoms with Crippen molar-refractivity contribution in [3.05, 3.63) is 49.6 Å². The first-order valence-corrected chi connectivity index (χ1v) is 9.03. The van der Waals surface area contributed by atoms with Gasteiger partial charge in [-0.25, -0.2) is 17.9 Å². The van der Waals surface area contributed by atoms with Crippen LogP contribution in [-0.4, -0.2) is 19.5 Å². The number of thiophene rings is 1. The summed E-state index contributed by atoms with van der Waals surface area (Å²) in [5, 5.41) is 8.89. The molecule has 0 bridgehead atoms. The van der Waals surface area contributed by atoms with Gasteiger partial charge in [0.1, 0.15) is 4.90 Å². The first-order chi connectivity index (χ1) is 9.79. The number of rotatable bonds is 5. The van der Waals surface area contributed by atoms with Gasteiger partial charge in [0.15, 0.2) is 0 Å². The van der Waals surface area contributed by atoms with Crippen molar-refractivity contribution in [1.29, 1.82) is 0 Å². The van der Waals surface area contributed by atoms with Crippen LogP contribution in [0.15, 0.2) is 39.0 Å². The van der Waals surface area contributed by atoms with Crippen LogP contribution >= 0.6 is 38.9 Å². The van der Waals surface area contributed by atoms with Gasteiger partial charge < -0.3 is 5.11 Å². The molecule has 1 aromatic carbocycles. The second kappa shape index (κ2) is 6.45. The van der Waals surface area contributed by atoms with E-state index in [0.717, 1.165) is 14.7 Å². The van der Waals surface area contributed by atoms with Crippen LogP contribution in [0.3, 0.4) is 0 Å². The van der Waals surface area contributed by atoms with Gasteiger partial charge in [-0.05, 0) is 46.3 Å². The number of hydrogen-bond acceptors (Lipinski definition) is 4. The van der Waals surface area contributed by atoms with Crippen LogP contribution in [0.2, 0.25) is 5.02 Å². The Morgan fingerprint density at radius 1 is 1.33 bits per heavy atom. The number of carbonyl (C=O) groups is 1. The van der Waals surface area contributed by atoms with Gasteiger partial charge >= 0.3 is 5.97 Å². The van der Waals surface area contributed by atoms with Crippen molar-refractivity contribution >= 4 is 54.9 Å². The molecule has 0 radical (unpaired) electrons. The number of aromatic carboxylic acids is 1. The maximum Gasteiger partial charge on any atom is 0.335 e. The number of benzene rings is 1. The van der Waals surface area contributed by atoms with Crippen LogP contribution in [0, 0.1) is 0 Å². The van der Waals surface area contributed by atoms with Gasteiger partial charge in [-0.1, -0.05) is 11.6 Å². The zero-order valence-electron chi connectivity index (χ0n) is 10.3. The minimum Gasteiger partial charge on any atom is -0.478 e. The summed E-state index contributed by atoms with van der Waals surface area (Å²) in [6.07, 6.45) is 0. The van der Waals surface area contributed by atoms with Crippen molar-refractivity contribution in [3.63, 3.8) is 0 Å². The molecule has 0 amide bonds. The Kier molecular flexibility index (Phi) is 5.05. The Balaban J connectivity index is 2.26. The van der Waals surface area contributed by atoms with Crippen LogP contribution in [0.5, 0.6) is 0 Å². The topological polar surface area (TPSA) is 83.5 Å². The van der Waals surface area contributed by atoms with E-state index in [-0.39, 0.29) is 22.0 Å². The molecule has 0 fully saturated rings. The summed E-state index contributed by atoms with van der Waals surface area (Å²) in [5.74, 6) is -1.22. The van der Waals surface area contributed by atoms with Crippen molar-refractivity contribution in [1.82, 2.24) is 4.72 Å². The second-order valence-corrected chi connectivity index (χ2v) is 8.67. The summed E-state index contributed by atoms with van der Waals surface area (Å²) in [5.41, 5.74) is -0.140. The fraction of sp³-hybridized carbons (Fsp3) is 0.0833. The number of carboxylic acids is 1. The van der Waals surface area contributed by atoms with E-state index >= 15 is 0 Å². The van der Waals surface area contributed by atoms with Gasteiger partial charge in [-0.2, -0.15) is 0 Å². The number of sulfonamides is 1. The molecule has 112 valence electrons. The Morgan fingerprint density at radius 2 is 2.05 bits per heavy atom. The summed E-state index contributed by atoms with van der Waals surface area (Å²) in [4.78, 5) is 11.5. The summed E-state index contributed by atoms with van der Waals surface area (Å²) >= 11 is 10.5. The molecule has 2 aromatic rings. The third-order valence-electron chi connectivity index (χ3n) is 2.53. The predicted molar refractivity (Wildman–Crippen MR) is 84.5 cm³/mol. The standard InChI is InChI=1S/C12H9BrClNO4S2/c13-11-4-2-8(20-11)6-15-21(18,19)10-5-7(12(16)17)1-3-9(10)14/h1-5,15H,6H2,(H,16,17). The van der Waals surface area contributed by atoms with Crippen LogP contribution in [0.1, 0.15) is 15.2 Å². The molecule has 1 heterocycles. The van der Waals surface area contributed by atoms with Gasteiger partial charge in [-0.15, -0.1) is 11.3 Å². The van der Waals surface area contributed by atoms with Crippen molar-refractivity contribution in [2.75, 3.05) is 0 Å². The number of halogens is 2. The fourth-order valence-corrected chi connectivity index (χ4v) is 4.58. The molecule has 1 aromatic heterocycles. The van der Waals surface area contributed by atoms with Crippen molar-refractivity contribution in [2.45, 2.75) is 11.4 Å². The Bertz CT molecular complexity index is 788. The minimum atomic E-state index is -3.89. The average molecular weight is 411 g/mol. The highest BCUT2D eigenvalue weighted by atomic mass is 79.9. The molecule has 0 aliphatic heterocycles. The number of nitrogens with one attached hydrogen (secondary N) is 1. The minimum absolute atomic E-state index is 0.0279. The normalized spacial score (nSPS) is 11.5. The molecule has 0 saturated heterocycles. The van der Waals surface area contributed by atoms with Crippen molar-refractivity contribution in [3.8, 4) is 0 Å². The maximum absolute atomic E-state index is 12.2. The van der Waals surface area contributed by atoms with E-state index in [1.807, 2.05) is 6.07 Å². The summed E-state index contributed by atoms with van der Waals surface area (Å²) in [6.45, 7) is 0.103. The molecule has 0 atom stereocenters. The van der Waals surface area contributed by atoms with Crippen molar-refractivity contribution in [2.24, 2.45) is 0 Å². The number of carboxylic acid groups (broad SMARTS) is 1. The summed E-state index contributed by atoms with van der Waals surface area (Å²) in [7, 11) is -3.89. The molecule has 2 rings (SSSR count).